The second kappa shape index (κ2) is 6.29. The van der Waals surface area contributed by atoms with Gasteiger partial charge in [-0.1, -0.05) is 17.7 Å². The Balaban J connectivity index is 2.38. The van der Waals surface area contributed by atoms with Crippen molar-refractivity contribution in [3.63, 3.8) is 0 Å². The molecule has 2 aromatic rings. The van der Waals surface area contributed by atoms with E-state index in [9.17, 15) is 0 Å². The number of benzene rings is 1. The quantitative estimate of drug-likeness (QED) is 0.915. The first-order chi connectivity index (χ1) is 9.51. The van der Waals surface area contributed by atoms with Crippen molar-refractivity contribution in [1.82, 2.24) is 9.55 Å². The molecule has 0 bridgehead atoms. The average molecular weight is 294 g/mol. The molecule has 20 heavy (non-hydrogen) atoms. The van der Waals surface area contributed by atoms with Gasteiger partial charge in [0.1, 0.15) is 0 Å². The third-order valence-corrected chi connectivity index (χ3v) is 3.28. The standard InChI is InChI=1S/C15H20ClN3O/c1-10-5-6-13(16)7-14(10)19-8-11(2)17-15(19)18-12(3)9-20-4/h5-8,12H,9H2,1-4H3,(H,17,18). The van der Waals surface area contributed by atoms with E-state index in [1.165, 1.54) is 0 Å². The third-order valence-electron chi connectivity index (χ3n) is 3.05. The molecule has 1 heterocycles. The van der Waals surface area contributed by atoms with Crippen molar-refractivity contribution in [2.75, 3.05) is 19.0 Å². The molecule has 0 spiro atoms. The van der Waals surface area contributed by atoms with Gasteiger partial charge in [-0.25, -0.2) is 4.98 Å². The summed E-state index contributed by atoms with van der Waals surface area (Å²) in [7, 11) is 1.69. The van der Waals surface area contributed by atoms with Crippen LogP contribution < -0.4 is 5.32 Å². The van der Waals surface area contributed by atoms with Crippen LogP contribution in [0.2, 0.25) is 5.02 Å². The van der Waals surface area contributed by atoms with Crippen LogP contribution in [0.5, 0.6) is 0 Å². The highest BCUT2D eigenvalue weighted by Gasteiger charge is 2.12. The van der Waals surface area contributed by atoms with E-state index in [1.54, 1.807) is 7.11 Å². The Morgan fingerprint density at radius 1 is 1.40 bits per heavy atom. The summed E-state index contributed by atoms with van der Waals surface area (Å²) in [5, 5.41) is 4.08. The molecule has 1 atom stereocenters. The monoisotopic (exact) mass is 293 g/mol. The minimum absolute atomic E-state index is 0.181. The SMILES string of the molecule is COCC(C)Nc1nc(C)cn1-c1cc(Cl)ccc1C. The van der Waals surface area contributed by atoms with E-state index in [-0.39, 0.29) is 6.04 Å². The number of aryl methyl sites for hydroxylation is 2. The van der Waals surface area contributed by atoms with Crippen LogP contribution >= 0.6 is 11.6 Å². The van der Waals surface area contributed by atoms with Crippen molar-refractivity contribution in [3.8, 4) is 5.69 Å². The Morgan fingerprint density at radius 3 is 2.85 bits per heavy atom. The molecular formula is C15H20ClN3O. The number of hydrogen-bond donors (Lipinski definition) is 1. The average Bonchev–Trinajstić information content (AvgIpc) is 2.73. The molecule has 1 aromatic carbocycles. The number of rotatable bonds is 5. The maximum absolute atomic E-state index is 6.11. The normalized spacial score (nSPS) is 12.4. The molecule has 1 aromatic heterocycles. The number of methoxy groups -OCH3 is 1. The van der Waals surface area contributed by atoms with Gasteiger partial charge in [0, 0.05) is 24.4 Å². The molecule has 0 aliphatic heterocycles. The Bertz CT molecular complexity index is 595. The Hall–Kier alpha value is -1.52. The summed E-state index contributed by atoms with van der Waals surface area (Å²) < 4.78 is 7.18. The summed E-state index contributed by atoms with van der Waals surface area (Å²) in [6, 6.07) is 6.03. The number of halogens is 1. The predicted octanol–water partition coefficient (Wildman–Crippen LogP) is 3.59. The predicted molar refractivity (Wildman–Crippen MR) is 83.0 cm³/mol. The van der Waals surface area contributed by atoms with Gasteiger partial charge in [-0.2, -0.15) is 0 Å². The molecule has 0 aliphatic carbocycles. The summed E-state index contributed by atoms with van der Waals surface area (Å²) >= 11 is 6.11. The van der Waals surface area contributed by atoms with Gasteiger partial charge in [0.05, 0.1) is 18.0 Å². The lowest BCUT2D eigenvalue weighted by molar-refractivity contribution is 0.190. The second-order valence-electron chi connectivity index (χ2n) is 5.01. The summed E-state index contributed by atoms with van der Waals surface area (Å²) in [4.78, 5) is 4.53. The Kier molecular flexibility index (Phi) is 4.68. The van der Waals surface area contributed by atoms with Crippen LogP contribution in [0.25, 0.3) is 5.69 Å². The van der Waals surface area contributed by atoms with E-state index in [1.807, 2.05) is 35.9 Å². The van der Waals surface area contributed by atoms with Crippen molar-refractivity contribution >= 4 is 17.5 Å². The largest absolute Gasteiger partial charge is 0.383 e. The molecule has 1 N–H and O–H groups in total. The molecule has 0 radical (unpaired) electrons. The van der Waals surface area contributed by atoms with Gasteiger partial charge in [-0.3, -0.25) is 4.57 Å². The lowest BCUT2D eigenvalue weighted by Gasteiger charge is -2.16. The van der Waals surface area contributed by atoms with Crippen molar-refractivity contribution < 1.29 is 4.74 Å². The number of nitrogens with one attached hydrogen (secondary N) is 1. The zero-order valence-electron chi connectivity index (χ0n) is 12.3. The van der Waals surface area contributed by atoms with Gasteiger partial charge in [-0.15, -0.1) is 0 Å². The van der Waals surface area contributed by atoms with E-state index in [0.717, 1.165) is 22.9 Å². The lowest BCUT2D eigenvalue weighted by Crippen LogP contribution is -2.23. The van der Waals surface area contributed by atoms with Gasteiger partial charge in [0.15, 0.2) is 0 Å². The first-order valence-electron chi connectivity index (χ1n) is 6.59. The second-order valence-corrected chi connectivity index (χ2v) is 5.44. The molecule has 0 fully saturated rings. The first kappa shape index (κ1) is 14.9. The minimum Gasteiger partial charge on any atom is -0.383 e. The van der Waals surface area contributed by atoms with Gasteiger partial charge in [0.2, 0.25) is 5.95 Å². The van der Waals surface area contributed by atoms with Crippen LogP contribution in [0.4, 0.5) is 5.95 Å². The molecule has 108 valence electrons. The fourth-order valence-electron chi connectivity index (χ4n) is 2.14. The molecule has 1 unspecified atom stereocenters. The van der Waals surface area contributed by atoms with E-state index < -0.39 is 0 Å². The summed E-state index contributed by atoms with van der Waals surface area (Å²) in [5.41, 5.74) is 3.14. The molecule has 0 aliphatic rings. The van der Waals surface area contributed by atoms with Crippen molar-refractivity contribution in [2.45, 2.75) is 26.8 Å². The maximum atomic E-state index is 6.11. The van der Waals surface area contributed by atoms with Gasteiger partial charge >= 0.3 is 0 Å². The highest BCUT2D eigenvalue weighted by Crippen LogP contribution is 2.23. The molecule has 5 heteroatoms. The van der Waals surface area contributed by atoms with Crippen LogP contribution in [0, 0.1) is 13.8 Å². The first-order valence-corrected chi connectivity index (χ1v) is 6.97. The molecule has 0 saturated carbocycles. The Morgan fingerprint density at radius 2 is 2.15 bits per heavy atom. The number of nitrogens with zero attached hydrogens (tertiary/aromatic N) is 2. The van der Waals surface area contributed by atoms with Crippen LogP contribution in [-0.4, -0.2) is 29.3 Å². The molecule has 0 saturated heterocycles. The van der Waals surface area contributed by atoms with Crippen molar-refractivity contribution in [3.05, 3.63) is 40.7 Å². The summed E-state index contributed by atoms with van der Waals surface area (Å²) in [5.74, 6) is 0.803. The Labute approximate surface area is 124 Å². The topological polar surface area (TPSA) is 39.1 Å². The number of anilines is 1. The van der Waals surface area contributed by atoms with Gasteiger partial charge in [0.25, 0.3) is 0 Å². The zero-order valence-corrected chi connectivity index (χ0v) is 13.0. The highest BCUT2D eigenvalue weighted by molar-refractivity contribution is 6.30. The fourth-order valence-corrected chi connectivity index (χ4v) is 2.30. The van der Waals surface area contributed by atoms with Crippen molar-refractivity contribution in [1.29, 1.82) is 0 Å². The number of imidazole rings is 1. The third kappa shape index (κ3) is 3.32. The minimum atomic E-state index is 0.181. The smallest absolute Gasteiger partial charge is 0.208 e. The highest BCUT2D eigenvalue weighted by atomic mass is 35.5. The fraction of sp³-hybridized carbons (Fsp3) is 0.400. The van der Waals surface area contributed by atoms with E-state index in [2.05, 4.69) is 24.1 Å². The van der Waals surface area contributed by atoms with Gasteiger partial charge < -0.3 is 10.1 Å². The number of ether oxygens (including phenoxy) is 1. The number of aromatic nitrogens is 2. The summed E-state index contributed by atoms with van der Waals surface area (Å²) in [6.07, 6.45) is 2.00. The number of hydrogen-bond acceptors (Lipinski definition) is 3. The van der Waals surface area contributed by atoms with E-state index in [0.29, 0.717) is 11.6 Å². The van der Waals surface area contributed by atoms with Crippen LogP contribution in [0.1, 0.15) is 18.2 Å². The van der Waals surface area contributed by atoms with Crippen molar-refractivity contribution in [2.24, 2.45) is 0 Å². The molecule has 0 amide bonds. The molecule has 2 rings (SSSR count). The van der Waals surface area contributed by atoms with Crippen LogP contribution in [0.15, 0.2) is 24.4 Å². The zero-order chi connectivity index (χ0) is 14.7. The maximum Gasteiger partial charge on any atom is 0.208 e. The lowest BCUT2D eigenvalue weighted by atomic mass is 10.2. The molecular weight excluding hydrogens is 274 g/mol. The van der Waals surface area contributed by atoms with Crippen LogP contribution in [0.3, 0.4) is 0 Å². The molecule has 4 nitrogen and oxygen atoms in total. The van der Waals surface area contributed by atoms with Crippen LogP contribution in [-0.2, 0) is 4.74 Å². The van der Waals surface area contributed by atoms with E-state index >= 15 is 0 Å². The van der Waals surface area contributed by atoms with E-state index in [4.69, 9.17) is 16.3 Å². The summed E-state index contributed by atoms with van der Waals surface area (Å²) in [6.45, 7) is 6.72. The van der Waals surface area contributed by atoms with Gasteiger partial charge in [-0.05, 0) is 38.5 Å².